The minimum atomic E-state index is -0.502. The van der Waals surface area contributed by atoms with Gasteiger partial charge in [0, 0.05) is 8.04 Å². The number of thiocarbonyl (C=S) groups is 1. The molecular weight excluding hydrogens is 439 g/mol. The molecule has 0 aromatic heterocycles. The van der Waals surface area contributed by atoms with Crippen molar-refractivity contribution in [3.8, 4) is 0 Å². The van der Waals surface area contributed by atoms with Crippen LogP contribution in [0.4, 0.5) is 0 Å². The van der Waals surface area contributed by atoms with E-state index in [1.807, 2.05) is 18.2 Å². The Bertz CT molecular complexity index is 529. The first-order chi connectivity index (χ1) is 8.94. The van der Waals surface area contributed by atoms with Gasteiger partial charge >= 0.3 is 0 Å². The molecule has 0 atom stereocenters. The number of hydrogen-bond donors (Lipinski definition) is 2. The minimum absolute atomic E-state index is 0.111. The zero-order chi connectivity index (χ0) is 14.0. The fourth-order valence-corrected chi connectivity index (χ4v) is 3.56. The molecule has 6 heteroatoms. The molecule has 1 aromatic rings. The van der Waals surface area contributed by atoms with Crippen LogP contribution in [-0.2, 0) is 0 Å². The summed E-state index contributed by atoms with van der Waals surface area (Å²) in [5, 5.41) is 3.05. The Kier molecular flexibility index (Phi) is 4.84. The van der Waals surface area contributed by atoms with E-state index in [-0.39, 0.29) is 5.91 Å². The molecule has 102 valence electrons. The standard InChI is InChI=1S/C13H14BrIN2OS/c14-8-3-4-10(15)9(7-8)11(18)17-13(12(16)19)5-1-2-6-13/h3-4,7H,1-2,5-6H2,(H2,16,19)(H,17,18). The Morgan fingerprint density at radius 1 is 1.42 bits per heavy atom. The van der Waals surface area contributed by atoms with Gasteiger partial charge in [-0.15, -0.1) is 0 Å². The summed E-state index contributed by atoms with van der Waals surface area (Å²) in [6.45, 7) is 0. The third-order valence-corrected chi connectivity index (χ3v) is 5.28. The molecule has 2 rings (SSSR count). The van der Waals surface area contributed by atoms with E-state index in [1.54, 1.807) is 0 Å². The van der Waals surface area contributed by atoms with Crippen molar-refractivity contribution < 1.29 is 4.79 Å². The van der Waals surface area contributed by atoms with Gasteiger partial charge in [0.15, 0.2) is 0 Å². The molecule has 0 spiro atoms. The van der Waals surface area contributed by atoms with Crippen LogP contribution in [0.1, 0.15) is 36.0 Å². The molecule has 3 nitrogen and oxygen atoms in total. The highest BCUT2D eigenvalue weighted by molar-refractivity contribution is 14.1. The second-order valence-corrected chi connectivity index (χ2v) is 7.25. The first kappa shape index (κ1) is 15.2. The summed E-state index contributed by atoms with van der Waals surface area (Å²) in [5.41, 5.74) is 5.98. The monoisotopic (exact) mass is 452 g/mol. The third-order valence-electron chi connectivity index (χ3n) is 3.45. The van der Waals surface area contributed by atoms with Gasteiger partial charge in [0.05, 0.1) is 16.1 Å². The van der Waals surface area contributed by atoms with E-state index in [0.29, 0.717) is 10.6 Å². The molecule has 0 bridgehead atoms. The summed E-state index contributed by atoms with van der Waals surface area (Å²) in [4.78, 5) is 12.8. The lowest BCUT2D eigenvalue weighted by atomic mass is 9.97. The molecule has 3 N–H and O–H groups in total. The topological polar surface area (TPSA) is 55.1 Å². The number of nitrogens with one attached hydrogen (secondary N) is 1. The van der Waals surface area contributed by atoms with Gasteiger partial charge < -0.3 is 11.1 Å². The smallest absolute Gasteiger partial charge is 0.253 e. The molecule has 0 radical (unpaired) electrons. The van der Waals surface area contributed by atoms with Crippen LogP contribution in [0, 0.1) is 3.57 Å². The van der Waals surface area contributed by atoms with E-state index >= 15 is 0 Å². The fourth-order valence-electron chi connectivity index (χ4n) is 2.37. The highest BCUT2D eigenvalue weighted by Gasteiger charge is 2.38. The SMILES string of the molecule is NC(=S)C1(NC(=O)c2cc(Br)ccc2I)CCCC1. The van der Waals surface area contributed by atoms with Gasteiger partial charge in [-0.05, 0) is 53.6 Å². The van der Waals surface area contributed by atoms with Gasteiger partial charge in [0.25, 0.3) is 5.91 Å². The van der Waals surface area contributed by atoms with Crippen molar-refractivity contribution in [3.05, 3.63) is 31.8 Å². The number of nitrogens with two attached hydrogens (primary N) is 1. The number of carbonyl (C=O) groups is 1. The maximum atomic E-state index is 12.4. The van der Waals surface area contributed by atoms with Crippen molar-refractivity contribution >= 4 is 61.6 Å². The molecule has 1 fully saturated rings. The van der Waals surface area contributed by atoms with Crippen LogP contribution in [0.15, 0.2) is 22.7 Å². The Morgan fingerprint density at radius 2 is 2.05 bits per heavy atom. The number of benzene rings is 1. The van der Waals surface area contributed by atoms with Crippen LogP contribution in [0.2, 0.25) is 0 Å². The molecule has 1 aliphatic carbocycles. The van der Waals surface area contributed by atoms with Gasteiger partial charge in [0.2, 0.25) is 0 Å². The minimum Gasteiger partial charge on any atom is -0.391 e. The Balaban J connectivity index is 2.25. The Morgan fingerprint density at radius 3 is 2.63 bits per heavy atom. The maximum absolute atomic E-state index is 12.4. The third kappa shape index (κ3) is 3.28. The van der Waals surface area contributed by atoms with Crippen LogP contribution < -0.4 is 11.1 Å². The van der Waals surface area contributed by atoms with Gasteiger partial charge in [-0.3, -0.25) is 4.79 Å². The normalized spacial score (nSPS) is 17.2. The fraction of sp³-hybridized carbons (Fsp3) is 0.385. The summed E-state index contributed by atoms with van der Waals surface area (Å²) >= 11 is 10.7. The Labute approximate surface area is 140 Å². The molecule has 0 saturated heterocycles. The van der Waals surface area contributed by atoms with E-state index < -0.39 is 5.54 Å². The van der Waals surface area contributed by atoms with Crippen molar-refractivity contribution in [2.75, 3.05) is 0 Å². The molecule has 1 aliphatic rings. The summed E-state index contributed by atoms with van der Waals surface area (Å²) in [6.07, 6.45) is 3.76. The largest absolute Gasteiger partial charge is 0.391 e. The molecule has 0 unspecified atom stereocenters. The molecular formula is C13H14BrIN2OS. The molecule has 19 heavy (non-hydrogen) atoms. The predicted molar refractivity (Wildman–Crippen MR) is 92.3 cm³/mol. The lowest BCUT2D eigenvalue weighted by Crippen LogP contribution is -2.54. The van der Waals surface area contributed by atoms with Crippen molar-refractivity contribution in [3.63, 3.8) is 0 Å². The summed E-state index contributed by atoms with van der Waals surface area (Å²) in [7, 11) is 0. The maximum Gasteiger partial charge on any atom is 0.253 e. The van der Waals surface area contributed by atoms with Crippen molar-refractivity contribution in [2.45, 2.75) is 31.2 Å². The van der Waals surface area contributed by atoms with Crippen molar-refractivity contribution in [1.29, 1.82) is 0 Å². The number of hydrogen-bond acceptors (Lipinski definition) is 2. The first-order valence-corrected chi connectivity index (χ1v) is 8.30. The van der Waals surface area contributed by atoms with Crippen LogP contribution in [-0.4, -0.2) is 16.4 Å². The molecule has 0 aliphatic heterocycles. The van der Waals surface area contributed by atoms with E-state index in [0.717, 1.165) is 33.7 Å². The zero-order valence-electron chi connectivity index (χ0n) is 10.2. The average molecular weight is 453 g/mol. The van der Waals surface area contributed by atoms with Crippen LogP contribution in [0.5, 0.6) is 0 Å². The van der Waals surface area contributed by atoms with Gasteiger partial charge in [-0.25, -0.2) is 0 Å². The summed E-state index contributed by atoms with van der Waals surface area (Å²) in [5.74, 6) is -0.111. The number of amides is 1. The highest BCUT2D eigenvalue weighted by Crippen LogP contribution is 2.31. The van der Waals surface area contributed by atoms with E-state index in [4.69, 9.17) is 18.0 Å². The molecule has 1 saturated carbocycles. The van der Waals surface area contributed by atoms with E-state index in [9.17, 15) is 4.79 Å². The average Bonchev–Trinajstić information content (AvgIpc) is 2.82. The van der Waals surface area contributed by atoms with E-state index in [2.05, 4.69) is 43.8 Å². The lowest BCUT2D eigenvalue weighted by Gasteiger charge is -2.29. The quantitative estimate of drug-likeness (QED) is 0.546. The second kappa shape index (κ2) is 6.05. The number of carbonyl (C=O) groups excluding carboxylic acids is 1. The second-order valence-electron chi connectivity index (χ2n) is 4.73. The van der Waals surface area contributed by atoms with Gasteiger partial charge in [0.1, 0.15) is 0 Å². The van der Waals surface area contributed by atoms with Gasteiger partial charge in [-0.2, -0.15) is 0 Å². The molecule has 1 amide bonds. The predicted octanol–water partition coefficient (Wildman–Crippen LogP) is 3.38. The van der Waals surface area contributed by atoms with Crippen molar-refractivity contribution in [2.24, 2.45) is 5.73 Å². The molecule has 0 heterocycles. The van der Waals surface area contributed by atoms with Crippen LogP contribution >= 0.6 is 50.7 Å². The van der Waals surface area contributed by atoms with Crippen LogP contribution in [0.25, 0.3) is 0 Å². The zero-order valence-corrected chi connectivity index (χ0v) is 14.8. The summed E-state index contributed by atoms with van der Waals surface area (Å²) < 4.78 is 1.79. The lowest BCUT2D eigenvalue weighted by molar-refractivity contribution is 0.0923. The first-order valence-electron chi connectivity index (χ1n) is 6.02. The number of halogens is 2. The van der Waals surface area contributed by atoms with E-state index in [1.165, 1.54) is 0 Å². The van der Waals surface area contributed by atoms with Crippen molar-refractivity contribution in [1.82, 2.24) is 5.32 Å². The Hall–Kier alpha value is -0.210. The molecule has 1 aromatic carbocycles. The number of rotatable bonds is 3. The van der Waals surface area contributed by atoms with Gasteiger partial charge in [-0.1, -0.05) is 41.0 Å². The van der Waals surface area contributed by atoms with Crippen LogP contribution in [0.3, 0.4) is 0 Å². The summed E-state index contributed by atoms with van der Waals surface area (Å²) in [6, 6.07) is 5.64. The highest BCUT2D eigenvalue weighted by atomic mass is 127.